The number of aliphatic hydroxyl groups is 1. The number of ether oxygens (including phenoxy) is 2. The lowest BCUT2D eigenvalue weighted by Gasteiger charge is -2.38. The molecule has 1 N–H and O–H groups in total. The molecule has 0 aliphatic carbocycles. The molecular weight excluding hydrogens is 250 g/mol. The maximum atomic E-state index is 11.8. The zero-order chi connectivity index (χ0) is 14.4. The van der Waals surface area contributed by atoms with Gasteiger partial charge >= 0.3 is 12.1 Å². The van der Waals surface area contributed by atoms with Gasteiger partial charge in [0.25, 0.3) is 0 Å². The second-order valence-electron chi connectivity index (χ2n) is 4.53. The maximum absolute atomic E-state index is 11.8. The van der Waals surface area contributed by atoms with Crippen LogP contribution < -0.4 is 0 Å². The van der Waals surface area contributed by atoms with Crippen LogP contribution in [-0.4, -0.2) is 54.0 Å². The van der Waals surface area contributed by atoms with Crippen molar-refractivity contribution in [1.82, 2.24) is 4.90 Å². The number of piperidine rings is 1. The molecule has 0 aromatic carbocycles. The van der Waals surface area contributed by atoms with Gasteiger partial charge in [-0.25, -0.2) is 4.79 Å². The number of hydrogen-bond acceptors (Lipinski definition) is 5. The number of carbonyl (C=O) groups excluding carboxylic acids is 2. The fraction of sp³-hybridized carbons (Fsp3) is 0.692. The van der Waals surface area contributed by atoms with E-state index in [2.05, 4.69) is 6.58 Å². The molecule has 1 amide bonds. The van der Waals surface area contributed by atoms with Crippen molar-refractivity contribution in [1.29, 1.82) is 0 Å². The molecule has 0 spiro atoms. The highest BCUT2D eigenvalue weighted by Crippen LogP contribution is 2.24. The number of carbonyl (C=O) groups is 2. The quantitative estimate of drug-likeness (QED) is 0.608. The van der Waals surface area contributed by atoms with Gasteiger partial charge in [-0.15, -0.1) is 0 Å². The summed E-state index contributed by atoms with van der Waals surface area (Å²) in [6, 6.07) is -0.182. The molecule has 0 radical (unpaired) electrons. The first-order valence-electron chi connectivity index (χ1n) is 6.40. The Morgan fingerprint density at radius 3 is 2.74 bits per heavy atom. The average molecular weight is 271 g/mol. The normalized spacial score (nSPS) is 26.7. The van der Waals surface area contributed by atoms with Crippen molar-refractivity contribution in [3.8, 4) is 0 Å². The minimum atomic E-state index is -0.794. The number of hydrogen-bond donors (Lipinski definition) is 1. The van der Waals surface area contributed by atoms with Crippen molar-refractivity contribution in [2.75, 3.05) is 19.8 Å². The molecule has 0 aromatic rings. The van der Waals surface area contributed by atoms with Crippen LogP contribution in [0.3, 0.4) is 0 Å². The van der Waals surface area contributed by atoms with E-state index in [0.29, 0.717) is 6.42 Å². The predicted octanol–water partition coefficient (Wildman–Crippen LogP) is 0.943. The molecule has 2 unspecified atom stereocenters. The maximum Gasteiger partial charge on any atom is 0.410 e. The molecule has 0 aromatic heterocycles. The Bertz CT molecular complexity index is 344. The van der Waals surface area contributed by atoms with E-state index in [-0.39, 0.29) is 25.8 Å². The van der Waals surface area contributed by atoms with Crippen LogP contribution in [0.5, 0.6) is 0 Å². The molecule has 0 bridgehead atoms. The van der Waals surface area contributed by atoms with E-state index in [0.717, 1.165) is 0 Å². The van der Waals surface area contributed by atoms with Gasteiger partial charge < -0.3 is 19.5 Å². The number of nitrogens with zero attached hydrogens (tertiary/aromatic N) is 1. The molecule has 6 nitrogen and oxygen atoms in total. The number of amides is 1. The number of likely N-dealkylation sites (tertiary alicyclic amines) is 1. The average Bonchev–Trinajstić information content (AvgIpc) is 2.36. The van der Waals surface area contributed by atoms with Crippen LogP contribution in [0.25, 0.3) is 0 Å². The molecule has 1 saturated heterocycles. The molecule has 1 aliphatic rings. The fourth-order valence-electron chi connectivity index (χ4n) is 2.10. The Hall–Kier alpha value is -1.56. The SMILES string of the molecule is C=CCOC(=O)N1CC(C(=O)OCC)C(O)C[C@@H]1C. The topological polar surface area (TPSA) is 76.1 Å². The predicted molar refractivity (Wildman–Crippen MR) is 68.5 cm³/mol. The van der Waals surface area contributed by atoms with Gasteiger partial charge in [-0.3, -0.25) is 4.79 Å². The summed E-state index contributed by atoms with van der Waals surface area (Å²) in [5.41, 5.74) is 0. The lowest BCUT2D eigenvalue weighted by Crippen LogP contribution is -2.53. The zero-order valence-electron chi connectivity index (χ0n) is 11.4. The van der Waals surface area contributed by atoms with E-state index in [9.17, 15) is 14.7 Å². The van der Waals surface area contributed by atoms with Gasteiger partial charge in [-0.05, 0) is 20.3 Å². The van der Waals surface area contributed by atoms with Crippen molar-refractivity contribution < 1.29 is 24.2 Å². The van der Waals surface area contributed by atoms with Gasteiger partial charge in [-0.2, -0.15) is 0 Å². The van der Waals surface area contributed by atoms with Crippen LogP contribution in [0.2, 0.25) is 0 Å². The smallest absolute Gasteiger partial charge is 0.410 e. The van der Waals surface area contributed by atoms with Gasteiger partial charge in [-0.1, -0.05) is 12.7 Å². The molecule has 108 valence electrons. The lowest BCUT2D eigenvalue weighted by atomic mass is 9.91. The van der Waals surface area contributed by atoms with E-state index in [4.69, 9.17) is 9.47 Å². The van der Waals surface area contributed by atoms with Gasteiger partial charge in [0.05, 0.1) is 12.7 Å². The Balaban J connectivity index is 2.69. The standard InChI is InChI=1S/C13H21NO5/c1-4-6-19-13(17)14-8-10(12(16)18-5-2)11(15)7-9(14)3/h4,9-11,15H,1,5-8H2,2-3H3/t9-,10?,11?/m0/s1. The molecule has 0 saturated carbocycles. The van der Waals surface area contributed by atoms with Gasteiger partial charge in [0.2, 0.25) is 0 Å². The summed E-state index contributed by atoms with van der Waals surface area (Å²) in [5, 5.41) is 9.92. The molecule has 6 heteroatoms. The minimum Gasteiger partial charge on any atom is -0.466 e. The minimum absolute atomic E-state index is 0.108. The van der Waals surface area contributed by atoms with E-state index >= 15 is 0 Å². The van der Waals surface area contributed by atoms with Gasteiger partial charge in [0, 0.05) is 12.6 Å². The summed E-state index contributed by atoms with van der Waals surface area (Å²) >= 11 is 0. The summed E-state index contributed by atoms with van der Waals surface area (Å²) in [4.78, 5) is 25.0. The van der Waals surface area contributed by atoms with E-state index in [1.54, 1.807) is 13.8 Å². The first kappa shape index (κ1) is 15.5. The summed E-state index contributed by atoms with van der Waals surface area (Å²) in [7, 11) is 0. The van der Waals surface area contributed by atoms with Crippen LogP contribution in [0, 0.1) is 5.92 Å². The largest absolute Gasteiger partial charge is 0.466 e. The monoisotopic (exact) mass is 271 g/mol. The molecule has 1 rings (SSSR count). The van der Waals surface area contributed by atoms with Crippen LogP contribution in [0.15, 0.2) is 12.7 Å². The van der Waals surface area contributed by atoms with Crippen LogP contribution in [0.4, 0.5) is 4.79 Å². The van der Waals surface area contributed by atoms with E-state index in [1.165, 1.54) is 11.0 Å². The summed E-state index contributed by atoms with van der Waals surface area (Å²) in [6.07, 6.45) is 0.503. The third-order valence-electron chi connectivity index (χ3n) is 3.12. The highest BCUT2D eigenvalue weighted by Gasteiger charge is 2.40. The molecule has 1 fully saturated rings. The number of esters is 1. The summed E-state index contributed by atoms with van der Waals surface area (Å²) < 4.78 is 9.86. The highest BCUT2D eigenvalue weighted by atomic mass is 16.6. The molecule has 3 atom stereocenters. The third kappa shape index (κ3) is 3.96. The Morgan fingerprint density at radius 1 is 1.47 bits per heavy atom. The second kappa shape index (κ2) is 7.13. The lowest BCUT2D eigenvalue weighted by molar-refractivity contribution is -0.155. The fourth-order valence-corrected chi connectivity index (χ4v) is 2.10. The van der Waals surface area contributed by atoms with Crippen molar-refractivity contribution in [2.45, 2.75) is 32.4 Å². The van der Waals surface area contributed by atoms with Gasteiger partial charge in [0.1, 0.15) is 12.5 Å². The van der Waals surface area contributed by atoms with E-state index < -0.39 is 24.1 Å². The molecule has 1 heterocycles. The Morgan fingerprint density at radius 2 is 2.16 bits per heavy atom. The number of rotatable bonds is 4. The van der Waals surface area contributed by atoms with E-state index in [1.807, 2.05) is 0 Å². The van der Waals surface area contributed by atoms with Crippen molar-refractivity contribution in [2.24, 2.45) is 5.92 Å². The molecule has 1 aliphatic heterocycles. The summed E-state index contributed by atoms with van der Waals surface area (Å²) in [5.74, 6) is -1.20. The first-order chi connectivity index (χ1) is 9.01. The van der Waals surface area contributed by atoms with Crippen LogP contribution in [-0.2, 0) is 14.3 Å². The first-order valence-corrected chi connectivity index (χ1v) is 6.40. The third-order valence-corrected chi connectivity index (χ3v) is 3.12. The Kier molecular flexibility index (Phi) is 5.82. The van der Waals surface area contributed by atoms with Crippen LogP contribution >= 0.6 is 0 Å². The van der Waals surface area contributed by atoms with Crippen LogP contribution in [0.1, 0.15) is 20.3 Å². The van der Waals surface area contributed by atoms with Crippen molar-refractivity contribution in [3.05, 3.63) is 12.7 Å². The Labute approximate surface area is 113 Å². The highest BCUT2D eigenvalue weighted by molar-refractivity contribution is 5.75. The summed E-state index contributed by atoms with van der Waals surface area (Å²) in [6.45, 7) is 7.45. The second-order valence-corrected chi connectivity index (χ2v) is 4.53. The van der Waals surface area contributed by atoms with Crippen molar-refractivity contribution >= 4 is 12.1 Å². The molecular formula is C13H21NO5. The van der Waals surface area contributed by atoms with Gasteiger partial charge in [0.15, 0.2) is 0 Å². The molecule has 19 heavy (non-hydrogen) atoms. The zero-order valence-corrected chi connectivity index (χ0v) is 11.4. The van der Waals surface area contributed by atoms with Crippen molar-refractivity contribution in [3.63, 3.8) is 0 Å². The number of aliphatic hydroxyl groups excluding tert-OH is 1.